The molecule has 0 unspecified atom stereocenters. The van der Waals surface area contributed by atoms with E-state index in [4.69, 9.17) is 13.9 Å². The molecule has 1 N–H and O–H groups in total. The lowest BCUT2D eigenvalue weighted by Gasteiger charge is -2.51. The van der Waals surface area contributed by atoms with E-state index < -0.39 is 0 Å². The first-order valence-electron chi connectivity index (χ1n) is 13.2. The van der Waals surface area contributed by atoms with Crippen molar-refractivity contribution in [1.29, 1.82) is 0 Å². The third-order valence-electron chi connectivity index (χ3n) is 9.38. The molecule has 2 aliphatic carbocycles. The van der Waals surface area contributed by atoms with Gasteiger partial charge in [0.1, 0.15) is 11.9 Å². The number of rotatable bonds is 8. The van der Waals surface area contributed by atoms with E-state index in [2.05, 4.69) is 48.6 Å². The number of furan rings is 1. The maximum absolute atomic E-state index is 12.9. The summed E-state index contributed by atoms with van der Waals surface area (Å²) < 4.78 is 17.8. The lowest BCUT2D eigenvalue weighted by molar-refractivity contribution is -0.147. The topological polar surface area (TPSA) is 64.0 Å². The molecule has 182 valence electrons. The van der Waals surface area contributed by atoms with Crippen LogP contribution in [0.15, 0.2) is 53.1 Å². The van der Waals surface area contributed by atoms with Crippen LogP contribution in [0.1, 0.15) is 62.7 Å². The Morgan fingerprint density at radius 3 is 2.76 bits per heavy atom. The Morgan fingerprint density at radius 1 is 1.15 bits per heavy atom. The minimum absolute atomic E-state index is 0.00221. The van der Waals surface area contributed by atoms with Crippen molar-refractivity contribution in [3.05, 3.63) is 60.1 Å². The van der Waals surface area contributed by atoms with Crippen molar-refractivity contribution in [2.45, 2.75) is 69.5 Å². The van der Waals surface area contributed by atoms with Crippen molar-refractivity contribution >= 4 is 5.97 Å². The molecule has 2 saturated heterocycles. The molecule has 34 heavy (non-hydrogen) atoms. The number of nitrogens with one attached hydrogen (secondary N) is 1. The SMILES string of the molecule is C[C@]12CCC[C@@]3(CO3)[C@@H]1C[C@@H]1[C@@H](C2)OC(=O)[C@@H]1CNCC[C@@H](Cc1ccccc1)c1ccco1. The molecule has 2 aromatic rings. The molecule has 1 aromatic carbocycles. The van der Waals surface area contributed by atoms with Crippen LogP contribution in [-0.2, 0) is 20.7 Å². The molecule has 6 rings (SSSR count). The number of benzene rings is 1. The van der Waals surface area contributed by atoms with E-state index in [-0.39, 0.29) is 29.0 Å². The van der Waals surface area contributed by atoms with Gasteiger partial charge in [-0.3, -0.25) is 4.79 Å². The Kier molecular flexibility index (Phi) is 5.81. The van der Waals surface area contributed by atoms with E-state index in [9.17, 15) is 4.79 Å². The van der Waals surface area contributed by atoms with E-state index in [1.54, 1.807) is 6.26 Å². The van der Waals surface area contributed by atoms with Crippen molar-refractivity contribution in [1.82, 2.24) is 5.32 Å². The van der Waals surface area contributed by atoms with E-state index >= 15 is 0 Å². The lowest BCUT2D eigenvalue weighted by Crippen LogP contribution is -2.51. The van der Waals surface area contributed by atoms with Gasteiger partial charge in [0.2, 0.25) is 0 Å². The number of hydrogen-bond acceptors (Lipinski definition) is 5. The van der Waals surface area contributed by atoms with Gasteiger partial charge in [-0.1, -0.05) is 37.3 Å². The molecular formula is C29H37NO4. The minimum atomic E-state index is -0.0385. The Labute approximate surface area is 202 Å². The number of carbonyl (C=O) groups is 1. The fourth-order valence-corrected chi connectivity index (χ4v) is 7.49. The highest BCUT2D eigenvalue weighted by molar-refractivity contribution is 5.75. The zero-order chi connectivity index (χ0) is 23.2. The van der Waals surface area contributed by atoms with Crippen LogP contribution >= 0.6 is 0 Å². The number of ether oxygens (including phenoxy) is 2. The molecule has 4 fully saturated rings. The molecule has 0 amide bonds. The summed E-state index contributed by atoms with van der Waals surface area (Å²) in [5.74, 6) is 2.21. The molecule has 2 aliphatic heterocycles. The summed E-state index contributed by atoms with van der Waals surface area (Å²) in [6.45, 7) is 4.89. The first-order chi connectivity index (χ1) is 16.6. The third kappa shape index (κ3) is 4.11. The first kappa shape index (κ1) is 22.4. The molecule has 2 saturated carbocycles. The number of carbonyl (C=O) groups excluding carboxylic acids is 1. The van der Waals surface area contributed by atoms with Gasteiger partial charge in [0.25, 0.3) is 0 Å². The van der Waals surface area contributed by atoms with E-state index in [1.807, 2.05) is 6.07 Å². The maximum Gasteiger partial charge on any atom is 0.310 e. The second-order valence-electron chi connectivity index (χ2n) is 11.5. The Morgan fingerprint density at radius 2 is 2.00 bits per heavy atom. The molecule has 1 aromatic heterocycles. The molecule has 1 spiro atoms. The molecule has 7 atom stereocenters. The zero-order valence-corrected chi connectivity index (χ0v) is 20.2. The largest absolute Gasteiger partial charge is 0.469 e. The van der Waals surface area contributed by atoms with Crippen molar-refractivity contribution in [2.75, 3.05) is 19.7 Å². The number of fused-ring (bicyclic) bond motifs is 3. The summed E-state index contributed by atoms with van der Waals surface area (Å²) in [4.78, 5) is 12.9. The van der Waals surface area contributed by atoms with Crippen molar-refractivity contribution in [3.63, 3.8) is 0 Å². The highest BCUT2D eigenvalue weighted by Gasteiger charge is 2.64. The number of epoxide rings is 1. The summed E-state index contributed by atoms with van der Waals surface area (Å²) in [7, 11) is 0. The number of esters is 1. The van der Waals surface area contributed by atoms with Crippen LogP contribution in [-0.4, -0.2) is 37.4 Å². The second-order valence-corrected chi connectivity index (χ2v) is 11.5. The Bertz CT molecular complexity index is 985. The summed E-state index contributed by atoms with van der Waals surface area (Å²) in [6, 6.07) is 14.6. The maximum atomic E-state index is 12.9. The van der Waals surface area contributed by atoms with Gasteiger partial charge in [-0.15, -0.1) is 0 Å². The molecule has 4 aliphatic rings. The summed E-state index contributed by atoms with van der Waals surface area (Å²) in [5, 5.41) is 3.61. The average molecular weight is 464 g/mol. The molecule has 5 nitrogen and oxygen atoms in total. The Balaban J connectivity index is 1.07. The smallest absolute Gasteiger partial charge is 0.310 e. The van der Waals surface area contributed by atoms with Crippen molar-refractivity contribution in [3.8, 4) is 0 Å². The van der Waals surface area contributed by atoms with Gasteiger partial charge in [-0.05, 0) is 80.5 Å². The fraction of sp³-hybridized carbons (Fsp3) is 0.621. The number of hydrogen-bond donors (Lipinski definition) is 1. The van der Waals surface area contributed by atoms with Gasteiger partial charge in [0.15, 0.2) is 0 Å². The van der Waals surface area contributed by atoms with E-state index in [0.29, 0.717) is 24.3 Å². The highest BCUT2D eigenvalue weighted by Crippen LogP contribution is 2.62. The van der Waals surface area contributed by atoms with Gasteiger partial charge < -0.3 is 19.2 Å². The van der Waals surface area contributed by atoms with Gasteiger partial charge in [0, 0.05) is 18.4 Å². The van der Waals surface area contributed by atoms with Gasteiger partial charge >= 0.3 is 5.97 Å². The molecular weight excluding hydrogens is 426 g/mol. The lowest BCUT2D eigenvalue weighted by atomic mass is 9.53. The van der Waals surface area contributed by atoms with Crippen molar-refractivity contribution < 1.29 is 18.7 Å². The van der Waals surface area contributed by atoms with E-state index in [0.717, 1.165) is 44.6 Å². The van der Waals surface area contributed by atoms with Crippen LogP contribution in [0.5, 0.6) is 0 Å². The minimum Gasteiger partial charge on any atom is -0.469 e. The van der Waals surface area contributed by atoms with Crippen molar-refractivity contribution in [2.24, 2.45) is 23.2 Å². The molecule has 0 radical (unpaired) electrons. The van der Waals surface area contributed by atoms with Crippen LogP contribution in [0.25, 0.3) is 0 Å². The first-order valence-corrected chi connectivity index (χ1v) is 13.2. The van der Waals surface area contributed by atoms with Crippen LogP contribution in [0.2, 0.25) is 0 Å². The third-order valence-corrected chi connectivity index (χ3v) is 9.38. The van der Waals surface area contributed by atoms with Gasteiger partial charge in [-0.2, -0.15) is 0 Å². The van der Waals surface area contributed by atoms with Gasteiger partial charge in [-0.25, -0.2) is 0 Å². The predicted octanol–water partition coefficient (Wildman–Crippen LogP) is 5.11. The average Bonchev–Trinajstić information content (AvgIpc) is 3.25. The fourth-order valence-electron chi connectivity index (χ4n) is 7.49. The van der Waals surface area contributed by atoms with Crippen LogP contribution in [0.3, 0.4) is 0 Å². The predicted molar refractivity (Wildman–Crippen MR) is 129 cm³/mol. The van der Waals surface area contributed by atoms with Crippen LogP contribution in [0, 0.1) is 23.2 Å². The van der Waals surface area contributed by atoms with Crippen LogP contribution in [0.4, 0.5) is 0 Å². The van der Waals surface area contributed by atoms with E-state index in [1.165, 1.54) is 24.8 Å². The normalized spacial score (nSPS) is 37.1. The highest BCUT2D eigenvalue weighted by atomic mass is 16.6. The molecule has 0 bridgehead atoms. The van der Waals surface area contributed by atoms with Crippen LogP contribution < -0.4 is 5.32 Å². The van der Waals surface area contributed by atoms with Gasteiger partial charge in [0.05, 0.1) is 24.4 Å². The monoisotopic (exact) mass is 463 g/mol. The Hall–Kier alpha value is -2.11. The summed E-state index contributed by atoms with van der Waals surface area (Å²) >= 11 is 0. The molecule has 3 heterocycles. The standard InChI is InChI=1S/C29H37NO4/c1-28-11-6-12-29(19-33-29)26(28)16-22-23(27(31)34-25(22)17-28)18-30-13-10-21(24-9-5-14-32-24)15-20-7-3-2-4-8-20/h2-5,7-9,14,21-23,25-26,30H,6,10-13,15-19H2,1H3/t21-,22-,23+,25+,26+,28+,29+/m0/s1. The molecule has 5 heteroatoms. The zero-order valence-electron chi connectivity index (χ0n) is 20.2. The summed E-state index contributed by atoms with van der Waals surface area (Å²) in [5.41, 5.74) is 1.68. The summed E-state index contributed by atoms with van der Waals surface area (Å²) in [6.07, 6.45) is 9.51. The second kappa shape index (κ2) is 8.83. The quantitative estimate of drug-likeness (QED) is 0.335.